The Kier molecular flexibility index (Phi) is 8.02. The molecule has 0 unspecified atom stereocenters. The van der Waals surface area contributed by atoms with Crippen LogP contribution in [0.5, 0.6) is 0 Å². The summed E-state index contributed by atoms with van der Waals surface area (Å²) in [5.41, 5.74) is 23.3. The van der Waals surface area contributed by atoms with E-state index < -0.39 is 5.41 Å². The molecule has 13 rings (SSSR count). The first-order valence-corrected chi connectivity index (χ1v) is 23.1. The molecule has 0 atom stereocenters. The lowest BCUT2D eigenvalue weighted by molar-refractivity contribution is 0.443. The number of rotatable bonds is 5. The molecule has 1 spiro atoms. The maximum absolute atomic E-state index is 2.64. The Balaban J connectivity index is 1.11. The summed E-state index contributed by atoms with van der Waals surface area (Å²) in [6.45, 7) is 4.79. The third kappa shape index (κ3) is 5.17. The molecule has 0 amide bonds. The van der Waals surface area contributed by atoms with Gasteiger partial charge in [0.25, 0.3) is 0 Å². The summed E-state index contributed by atoms with van der Waals surface area (Å²) in [4.78, 5) is 2.60. The molecule has 0 radical (unpaired) electrons. The van der Waals surface area contributed by atoms with Gasteiger partial charge in [0.05, 0.1) is 11.1 Å². The van der Waals surface area contributed by atoms with E-state index in [0.29, 0.717) is 5.92 Å². The van der Waals surface area contributed by atoms with Gasteiger partial charge in [-0.05, 0) is 126 Å². The summed E-state index contributed by atoms with van der Waals surface area (Å²) >= 11 is 0. The van der Waals surface area contributed by atoms with Gasteiger partial charge >= 0.3 is 0 Å². The second kappa shape index (κ2) is 13.8. The molecule has 4 aliphatic carbocycles. The van der Waals surface area contributed by atoms with Crippen molar-refractivity contribution in [1.29, 1.82) is 0 Å². The molecule has 0 heterocycles. The zero-order valence-corrected chi connectivity index (χ0v) is 36.0. The van der Waals surface area contributed by atoms with Crippen molar-refractivity contribution in [2.45, 2.75) is 62.7 Å². The van der Waals surface area contributed by atoms with E-state index in [1.165, 1.54) is 138 Å². The van der Waals surface area contributed by atoms with E-state index in [1.54, 1.807) is 0 Å². The second-order valence-corrected chi connectivity index (χ2v) is 19.0. The summed E-state index contributed by atoms with van der Waals surface area (Å²) in [7, 11) is 0. The zero-order valence-electron chi connectivity index (χ0n) is 36.0. The Bertz CT molecular complexity index is 3260. The predicted molar refractivity (Wildman–Crippen MR) is 264 cm³/mol. The largest absolute Gasteiger partial charge is 0.309 e. The quantitative estimate of drug-likeness (QED) is 0.167. The van der Waals surface area contributed by atoms with Crippen LogP contribution in [0.4, 0.5) is 17.1 Å². The average Bonchev–Trinajstić information content (AvgIpc) is 3.90. The van der Waals surface area contributed by atoms with Gasteiger partial charge in [-0.3, -0.25) is 0 Å². The normalized spacial score (nSPS) is 16.0. The number of fused-ring (bicyclic) bond motifs is 14. The monoisotopic (exact) mass is 807 g/mol. The van der Waals surface area contributed by atoms with E-state index >= 15 is 0 Å². The SMILES string of the molecule is CC1(C)c2ccccc2-c2ccc(N(c3ccc4c(c3)C3(c5ccccc5-c5ccccc53)c3cc(C5CCCCC5)ccc3-4)c3c(-c4ccccc4)ccc4ccccc34)cc21. The summed E-state index contributed by atoms with van der Waals surface area (Å²) in [6.07, 6.45) is 6.56. The van der Waals surface area contributed by atoms with Crippen LogP contribution in [0.25, 0.3) is 55.3 Å². The van der Waals surface area contributed by atoms with Crippen LogP contribution in [0.15, 0.2) is 194 Å². The van der Waals surface area contributed by atoms with Gasteiger partial charge in [-0.25, -0.2) is 0 Å². The first-order chi connectivity index (χ1) is 31.0. The van der Waals surface area contributed by atoms with Crippen LogP contribution < -0.4 is 4.90 Å². The lowest BCUT2D eigenvalue weighted by Crippen LogP contribution is -2.26. The van der Waals surface area contributed by atoms with Crippen molar-refractivity contribution in [3.05, 3.63) is 233 Å². The molecule has 0 aromatic heterocycles. The molecular weight excluding hydrogens is 759 g/mol. The Morgan fingerprint density at radius 1 is 0.397 bits per heavy atom. The average molecular weight is 808 g/mol. The minimum Gasteiger partial charge on any atom is -0.309 e. The minimum absolute atomic E-state index is 0.147. The Labute approximate surface area is 371 Å². The highest BCUT2D eigenvalue weighted by Gasteiger charge is 2.52. The standard InChI is InChI=1S/C62H49N/c1-61(2)54-26-14-11-23-48(54)51-35-31-44(38-57(51)61)63(60-46-22-10-9-21-42(46)29-33-47(60)41-19-7-4-8-20-41)45-32-36-53-52-34-30-43(40-17-5-3-6-18-40)37-58(52)62(59(53)39-45)55-27-15-12-24-49(55)50-25-13-16-28-56(50)62/h4,7-16,19-40H,3,5-6,17-18H2,1-2H3. The molecule has 1 heteroatoms. The Morgan fingerprint density at radius 3 is 1.60 bits per heavy atom. The van der Waals surface area contributed by atoms with Crippen molar-refractivity contribution in [2.75, 3.05) is 4.90 Å². The molecule has 0 bridgehead atoms. The van der Waals surface area contributed by atoms with Crippen LogP contribution in [0, 0.1) is 0 Å². The van der Waals surface area contributed by atoms with E-state index in [0.717, 1.165) is 5.69 Å². The molecule has 9 aromatic rings. The first-order valence-electron chi connectivity index (χ1n) is 23.1. The number of benzene rings is 9. The highest BCUT2D eigenvalue weighted by molar-refractivity contribution is 6.07. The highest BCUT2D eigenvalue weighted by Crippen LogP contribution is 2.64. The molecular formula is C62H49N. The molecule has 1 nitrogen and oxygen atoms in total. The molecule has 63 heavy (non-hydrogen) atoms. The number of nitrogens with zero attached hydrogens (tertiary/aromatic N) is 1. The van der Waals surface area contributed by atoms with Crippen molar-refractivity contribution in [2.24, 2.45) is 0 Å². The molecule has 4 aliphatic rings. The molecule has 0 aliphatic heterocycles. The zero-order chi connectivity index (χ0) is 41.9. The van der Waals surface area contributed by atoms with Crippen LogP contribution >= 0.6 is 0 Å². The van der Waals surface area contributed by atoms with Crippen molar-refractivity contribution in [3.63, 3.8) is 0 Å². The summed E-state index contributed by atoms with van der Waals surface area (Å²) < 4.78 is 0. The van der Waals surface area contributed by atoms with E-state index in [2.05, 4.69) is 213 Å². The Morgan fingerprint density at radius 2 is 0.905 bits per heavy atom. The summed E-state index contributed by atoms with van der Waals surface area (Å²) in [5.74, 6) is 0.612. The fourth-order valence-electron chi connectivity index (χ4n) is 12.6. The smallest absolute Gasteiger partial charge is 0.0726 e. The topological polar surface area (TPSA) is 3.24 Å². The first kappa shape index (κ1) is 36.7. The van der Waals surface area contributed by atoms with Crippen LogP contribution in [0.3, 0.4) is 0 Å². The van der Waals surface area contributed by atoms with Crippen molar-refractivity contribution < 1.29 is 0 Å². The molecule has 1 fully saturated rings. The van der Waals surface area contributed by atoms with Crippen molar-refractivity contribution >= 4 is 27.8 Å². The highest BCUT2D eigenvalue weighted by atomic mass is 15.1. The van der Waals surface area contributed by atoms with E-state index in [1.807, 2.05) is 0 Å². The van der Waals surface area contributed by atoms with Crippen LogP contribution in [0.2, 0.25) is 0 Å². The fraction of sp³-hybridized carbons (Fsp3) is 0.161. The van der Waals surface area contributed by atoms with Gasteiger partial charge in [0.2, 0.25) is 0 Å². The number of hydrogen-bond acceptors (Lipinski definition) is 1. The van der Waals surface area contributed by atoms with E-state index in [-0.39, 0.29) is 5.41 Å². The maximum Gasteiger partial charge on any atom is 0.0726 e. The van der Waals surface area contributed by atoms with E-state index in [9.17, 15) is 0 Å². The van der Waals surface area contributed by atoms with Crippen LogP contribution in [-0.2, 0) is 10.8 Å². The van der Waals surface area contributed by atoms with Gasteiger partial charge in [-0.1, -0.05) is 203 Å². The fourth-order valence-corrected chi connectivity index (χ4v) is 12.6. The number of anilines is 3. The van der Waals surface area contributed by atoms with Crippen LogP contribution in [-0.4, -0.2) is 0 Å². The van der Waals surface area contributed by atoms with Gasteiger partial charge in [0.1, 0.15) is 0 Å². The van der Waals surface area contributed by atoms with Gasteiger partial charge < -0.3 is 4.90 Å². The van der Waals surface area contributed by atoms with E-state index in [4.69, 9.17) is 0 Å². The van der Waals surface area contributed by atoms with Crippen molar-refractivity contribution in [1.82, 2.24) is 0 Å². The van der Waals surface area contributed by atoms with Gasteiger partial charge in [-0.15, -0.1) is 0 Å². The van der Waals surface area contributed by atoms with Gasteiger partial charge in [0, 0.05) is 27.7 Å². The van der Waals surface area contributed by atoms with Crippen molar-refractivity contribution in [3.8, 4) is 44.5 Å². The second-order valence-electron chi connectivity index (χ2n) is 19.0. The summed E-state index contributed by atoms with van der Waals surface area (Å²) in [5, 5.41) is 2.46. The lowest BCUT2D eigenvalue weighted by atomic mass is 9.69. The third-order valence-corrected chi connectivity index (χ3v) is 15.5. The maximum atomic E-state index is 2.64. The minimum atomic E-state index is -0.452. The molecule has 0 N–H and O–H groups in total. The molecule has 0 saturated heterocycles. The molecule has 302 valence electrons. The Hall–Kier alpha value is -6.96. The molecule has 9 aromatic carbocycles. The summed E-state index contributed by atoms with van der Waals surface area (Å²) in [6, 6.07) is 74.4. The number of hydrogen-bond donors (Lipinski definition) is 0. The van der Waals surface area contributed by atoms with Gasteiger partial charge in [-0.2, -0.15) is 0 Å². The predicted octanol–water partition coefficient (Wildman–Crippen LogP) is 16.7. The third-order valence-electron chi connectivity index (χ3n) is 15.5. The molecule has 1 saturated carbocycles. The lowest BCUT2D eigenvalue weighted by Gasteiger charge is -2.34. The van der Waals surface area contributed by atoms with Gasteiger partial charge in [0.15, 0.2) is 0 Å². The van der Waals surface area contributed by atoms with Crippen LogP contribution in [0.1, 0.15) is 90.8 Å².